The molecule has 0 bridgehead atoms. The van der Waals surface area contributed by atoms with Gasteiger partial charge in [-0.1, -0.05) is 18.2 Å². The number of esters is 1. The average Bonchev–Trinajstić information content (AvgIpc) is 3.35. The Labute approximate surface area is 255 Å². The third kappa shape index (κ3) is 8.12. The highest BCUT2D eigenvalue weighted by molar-refractivity contribution is 7.22. The highest BCUT2D eigenvalue weighted by Crippen LogP contribution is 2.46. The fourth-order valence-electron chi connectivity index (χ4n) is 5.08. The van der Waals surface area contributed by atoms with Crippen molar-refractivity contribution in [3.63, 3.8) is 0 Å². The first kappa shape index (κ1) is 30.5. The molecule has 0 unspecified atom stereocenters. The maximum Gasteiger partial charge on any atom is 0.305 e. The van der Waals surface area contributed by atoms with Crippen molar-refractivity contribution in [1.82, 2.24) is 9.80 Å². The van der Waals surface area contributed by atoms with Crippen molar-refractivity contribution in [1.29, 1.82) is 0 Å². The Morgan fingerprint density at radius 2 is 1.63 bits per heavy atom. The van der Waals surface area contributed by atoms with E-state index >= 15 is 0 Å². The monoisotopic (exact) mass is 604 g/mol. The molecule has 0 N–H and O–H groups in total. The van der Waals surface area contributed by atoms with Crippen LogP contribution in [0.15, 0.2) is 66.7 Å². The number of hydrogen-bond donors (Lipinski definition) is 0. The van der Waals surface area contributed by atoms with Gasteiger partial charge >= 0.3 is 5.97 Å². The first-order valence-electron chi connectivity index (χ1n) is 14.7. The number of aryl methyl sites for hydroxylation is 1. The number of nitrogens with zero attached hydrogens (tertiary/aromatic N) is 2. The van der Waals surface area contributed by atoms with Crippen molar-refractivity contribution in [3.8, 4) is 27.7 Å². The third-order valence-electron chi connectivity index (χ3n) is 7.43. The van der Waals surface area contributed by atoms with Crippen LogP contribution in [0.2, 0.25) is 0 Å². The van der Waals surface area contributed by atoms with E-state index in [9.17, 15) is 14.0 Å². The normalized spacial score (nSPS) is 13.7. The lowest BCUT2D eigenvalue weighted by molar-refractivity contribution is -0.143. The number of thiophene rings is 1. The molecule has 1 aromatic heterocycles. The molecule has 7 nitrogen and oxygen atoms in total. The van der Waals surface area contributed by atoms with Crippen molar-refractivity contribution in [3.05, 3.63) is 78.1 Å². The smallest absolute Gasteiger partial charge is 0.305 e. The average molecular weight is 605 g/mol. The largest absolute Gasteiger partial charge is 0.492 e. The minimum atomic E-state index is -0.268. The van der Waals surface area contributed by atoms with Gasteiger partial charge in [0, 0.05) is 55.7 Å². The Morgan fingerprint density at radius 1 is 0.907 bits per heavy atom. The molecule has 3 aromatic carbocycles. The molecular weight excluding hydrogens is 567 g/mol. The summed E-state index contributed by atoms with van der Waals surface area (Å²) in [6.45, 7) is 8.47. The van der Waals surface area contributed by atoms with E-state index < -0.39 is 0 Å². The summed E-state index contributed by atoms with van der Waals surface area (Å²) < 4.78 is 32.0. The van der Waals surface area contributed by atoms with E-state index in [1.165, 1.54) is 17.7 Å². The summed E-state index contributed by atoms with van der Waals surface area (Å²) in [4.78, 5) is 29.1. The number of rotatable bonds is 12. The van der Waals surface area contributed by atoms with Crippen LogP contribution in [0.4, 0.5) is 4.39 Å². The number of amides is 1. The molecular formula is C34H37FN2O5S. The zero-order valence-corrected chi connectivity index (χ0v) is 25.5. The first-order chi connectivity index (χ1) is 20.9. The van der Waals surface area contributed by atoms with Crippen LogP contribution in [-0.2, 0) is 14.3 Å². The van der Waals surface area contributed by atoms with Gasteiger partial charge in [-0.3, -0.25) is 14.5 Å². The zero-order valence-electron chi connectivity index (χ0n) is 24.6. The molecule has 1 fully saturated rings. The second-order valence-corrected chi connectivity index (χ2v) is 11.6. The lowest BCUT2D eigenvalue weighted by Gasteiger charge is -2.34. The lowest BCUT2D eigenvalue weighted by atomic mass is 10.1. The van der Waals surface area contributed by atoms with Crippen LogP contribution in [0.1, 0.15) is 31.7 Å². The Hall–Kier alpha value is -3.95. The van der Waals surface area contributed by atoms with Gasteiger partial charge in [-0.25, -0.2) is 4.39 Å². The van der Waals surface area contributed by atoms with Crippen LogP contribution < -0.4 is 9.47 Å². The maximum absolute atomic E-state index is 13.6. The standard InChI is InChI=1S/C34H37FN2O5S/c1-3-40-32(39)6-4-5-31(38)37-19-17-36(18-20-37)21-22-41-27-12-14-28(15-13-27)42-33-29-16-7-24(2)23-30(29)43-34(33)25-8-10-26(35)11-9-25/h7-16,23H,3-6,17-22H2,1-2H3. The Kier molecular flexibility index (Phi) is 10.3. The molecule has 1 aliphatic heterocycles. The van der Waals surface area contributed by atoms with Crippen LogP contribution in [0.25, 0.3) is 20.5 Å². The Morgan fingerprint density at radius 3 is 2.35 bits per heavy atom. The number of halogens is 1. The minimum absolute atomic E-state index is 0.0952. The molecule has 0 spiro atoms. The van der Waals surface area contributed by atoms with Gasteiger partial charge in [-0.05, 0) is 79.9 Å². The van der Waals surface area contributed by atoms with Crippen LogP contribution in [0.5, 0.6) is 17.2 Å². The number of hydrogen-bond acceptors (Lipinski definition) is 7. The second kappa shape index (κ2) is 14.5. The van der Waals surface area contributed by atoms with Crippen molar-refractivity contribution < 1.29 is 28.2 Å². The van der Waals surface area contributed by atoms with Gasteiger partial charge in [0.05, 0.1) is 11.5 Å². The molecule has 1 amide bonds. The van der Waals surface area contributed by atoms with E-state index in [1.54, 1.807) is 30.4 Å². The number of carbonyl (C=O) groups is 2. The quantitative estimate of drug-likeness (QED) is 0.161. The minimum Gasteiger partial charge on any atom is -0.492 e. The maximum atomic E-state index is 13.6. The Balaban J connectivity index is 1.11. The van der Waals surface area contributed by atoms with Gasteiger partial charge in [-0.2, -0.15) is 0 Å². The number of carbonyl (C=O) groups excluding carboxylic acids is 2. The highest BCUT2D eigenvalue weighted by atomic mass is 32.1. The summed E-state index contributed by atoms with van der Waals surface area (Å²) in [5.41, 5.74) is 2.08. The fraction of sp³-hybridized carbons (Fsp3) is 0.353. The van der Waals surface area contributed by atoms with Gasteiger partial charge in [0.25, 0.3) is 0 Å². The number of fused-ring (bicyclic) bond motifs is 1. The fourth-order valence-corrected chi connectivity index (χ4v) is 6.32. The van der Waals surface area contributed by atoms with E-state index in [4.69, 9.17) is 14.2 Å². The van der Waals surface area contributed by atoms with E-state index in [2.05, 4.69) is 30.0 Å². The summed E-state index contributed by atoms with van der Waals surface area (Å²) in [6.07, 6.45) is 1.18. The predicted octanol–water partition coefficient (Wildman–Crippen LogP) is 7.06. The summed E-state index contributed by atoms with van der Waals surface area (Å²) >= 11 is 1.64. The van der Waals surface area contributed by atoms with Crippen molar-refractivity contribution in [2.75, 3.05) is 45.9 Å². The third-order valence-corrected chi connectivity index (χ3v) is 8.61. The van der Waals surface area contributed by atoms with Gasteiger partial charge in [-0.15, -0.1) is 11.3 Å². The molecule has 1 saturated heterocycles. The lowest BCUT2D eigenvalue weighted by Crippen LogP contribution is -2.49. The molecule has 5 rings (SSSR count). The molecule has 43 heavy (non-hydrogen) atoms. The summed E-state index contributed by atoms with van der Waals surface area (Å²) in [5.74, 6) is 1.79. The molecule has 0 atom stereocenters. The predicted molar refractivity (Wildman–Crippen MR) is 167 cm³/mol. The molecule has 0 aliphatic carbocycles. The van der Waals surface area contributed by atoms with Gasteiger partial charge in [0.1, 0.15) is 23.9 Å². The van der Waals surface area contributed by atoms with Crippen molar-refractivity contribution >= 4 is 33.3 Å². The molecule has 4 aromatic rings. The summed E-state index contributed by atoms with van der Waals surface area (Å²) in [5, 5.41) is 1.02. The van der Waals surface area contributed by atoms with Crippen LogP contribution in [0.3, 0.4) is 0 Å². The second-order valence-electron chi connectivity index (χ2n) is 10.6. The molecule has 9 heteroatoms. The highest BCUT2D eigenvalue weighted by Gasteiger charge is 2.21. The first-order valence-corrected chi connectivity index (χ1v) is 15.6. The molecule has 1 aliphatic rings. The van der Waals surface area contributed by atoms with E-state index in [1.807, 2.05) is 29.2 Å². The molecule has 2 heterocycles. The van der Waals surface area contributed by atoms with Gasteiger partial charge < -0.3 is 19.1 Å². The van der Waals surface area contributed by atoms with Gasteiger partial charge in [0.15, 0.2) is 5.75 Å². The Bertz CT molecular complexity index is 1530. The van der Waals surface area contributed by atoms with Gasteiger partial charge in [0.2, 0.25) is 5.91 Å². The van der Waals surface area contributed by atoms with E-state index in [-0.39, 0.29) is 24.1 Å². The number of benzene rings is 3. The molecule has 226 valence electrons. The van der Waals surface area contributed by atoms with Crippen LogP contribution >= 0.6 is 11.3 Å². The van der Waals surface area contributed by atoms with Crippen LogP contribution in [0, 0.1) is 12.7 Å². The van der Waals surface area contributed by atoms with E-state index in [0.29, 0.717) is 44.9 Å². The van der Waals surface area contributed by atoms with Crippen LogP contribution in [-0.4, -0.2) is 67.6 Å². The topological polar surface area (TPSA) is 68.3 Å². The zero-order chi connectivity index (χ0) is 30.2. The number of ether oxygens (including phenoxy) is 3. The van der Waals surface area contributed by atoms with Crippen molar-refractivity contribution in [2.24, 2.45) is 0 Å². The number of piperazine rings is 1. The summed E-state index contributed by atoms with van der Waals surface area (Å²) in [7, 11) is 0. The van der Waals surface area contributed by atoms with Crippen molar-refractivity contribution in [2.45, 2.75) is 33.1 Å². The summed E-state index contributed by atoms with van der Waals surface area (Å²) in [6, 6.07) is 20.4. The molecule has 0 saturated carbocycles. The SMILES string of the molecule is CCOC(=O)CCCC(=O)N1CCN(CCOc2ccc(Oc3c(-c4ccc(F)cc4)sc4cc(C)ccc34)cc2)CC1. The molecule has 0 radical (unpaired) electrons. The van der Waals surface area contributed by atoms with E-state index in [0.717, 1.165) is 51.7 Å².